The molecule has 1 N–H and O–H groups in total. The quantitative estimate of drug-likeness (QED) is 0.299. The first-order valence-electron chi connectivity index (χ1n) is 12.3. The van der Waals surface area contributed by atoms with E-state index in [1.807, 2.05) is 68.4 Å². The first kappa shape index (κ1) is 26.7. The predicted molar refractivity (Wildman–Crippen MR) is 146 cm³/mol. The van der Waals surface area contributed by atoms with Gasteiger partial charge < -0.3 is 10.2 Å². The van der Waals surface area contributed by atoms with Crippen molar-refractivity contribution in [2.24, 2.45) is 0 Å². The van der Waals surface area contributed by atoms with E-state index in [1.54, 1.807) is 4.90 Å². The second-order valence-corrected chi connectivity index (χ2v) is 10.0. The van der Waals surface area contributed by atoms with Crippen LogP contribution in [0.15, 0.2) is 77.3 Å². The van der Waals surface area contributed by atoms with Gasteiger partial charge in [-0.05, 0) is 54.7 Å². The molecule has 3 aromatic rings. The fraction of sp³-hybridized carbons (Fsp3) is 0.333. The average Bonchev–Trinajstić information content (AvgIpc) is 2.84. The Bertz CT molecular complexity index is 1130. The van der Waals surface area contributed by atoms with E-state index in [9.17, 15) is 9.59 Å². The highest BCUT2D eigenvalue weighted by Gasteiger charge is 2.30. The first-order chi connectivity index (χ1) is 16.9. The minimum Gasteiger partial charge on any atom is -0.354 e. The molecule has 5 heteroatoms. The van der Waals surface area contributed by atoms with Gasteiger partial charge in [-0.2, -0.15) is 0 Å². The Morgan fingerprint density at radius 1 is 0.943 bits per heavy atom. The molecule has 35 heavy (non-hydrogen) atoms. The molecule has 0 spiro atoms. The van der Waals surface area contributed by atoms with Gasteiger partial charge in [-0.15, -0.1) is 0 Å². The molecule has 1 atom stereocenters. The molecule has 0 heterocycles. The van der Waals surface area contributed by atoms with E-state index in [0.29, 0.717) is 19.5 Å². The van der Waals surface area contributed by atoms with Gasteiger partial charge in [-0.3, -0.25) is 9.59 Å². The van der Waals surface area contributed by atoms with Crippen LogP contribution in [0.1, 0.15) is 47.6 Å². The largest absolute Gasteiger partial charge is 0.354 e. The molecular weight excluding hydrogens is 500 g/mol. The van der Waals surface area contributed by atoms with E-state index in [1.165, 1.54) is 0 Å². The molecule has 1 unspecified atom stereocenters. The van der Waals surface area contributed by atoms with Crippen molar-refractivity contribution in [2.75, 3.05) is 6.54 Å². The molecule has 0 fully saturated rings. The Hall–Kier alpha value is -2.92. The van der Waals surface area contributed by atoms with E-state index in [4.69, 9.17) is 0 Å². The molecule has 0 radical (unpaired) electrons. The minimum absolute atomic E-state index is 0.0507. The monoisotopic (exact) mass is 534 g/mol. The first-order valence-corrected chi connectivity index (χ1v) is 13.1. The Morgan fingerprint density at radius 2 is 1.69 bits per heavy atom. The smallest absolute Gasteiger partial charge is 0.243 e. The van der Waals surface area contributed by atoms with Crippen molar-refractivity contribution in [3.8, 4) is 0 Å². The van der Waals surface area contributed by atoms with E-state index < -0.39 is 6.04 Å². The number of carbonyl (C=O) groups excluding carboxylic acids is 2. The van der Waals surface area contributed by atoms with Gasteiger partial charge in [0.1, 0.15) is 6.04 Å². The van der Waals surface area contributed by atoms with Crippen molar-refractivity contribution in [1.82, 2.24) is 10.2 Å². The Labute approximate surface area is 217 Å². The predicted octanol–water partition coefficient (Wildman–Crippen LogP) is 6.16. The number of hydrogen-bond donors (Lipinski definition) is 1. The maximum Gasteiger partial charge on any atom is 0.243 e. The highest BCUT2D eigenvalue weighted by atomic mass is 79.9. The number of hydrogen-bond acceptors (Lipinski definition) is 2. The normalized spacial score (nSPS) is 11.7. The SMILES string of the molecule is CCCCNC(=O)C(Cc1ccccc1)N(Cc1cccc(Br)c1)C(=O)Cc1cc(C)ccc1C. The van der Waals surface area contributed by atoms with Crippen LogP contribution >= 0.6 is 15.9 Å². The van der Waals surface area contributed by atoms with Crippen LogP contribution in [0.25, 0.3) is 0 Å². The van der Waals surface area contributed by atoms with Gasteiger partial charge in [0.25, 0.3) is 0 Å². The fourth-order valence-electron chi connectivity index (χ4n) is 4.15. The van der Waals surface area contributed by atoms with Crippen LogP contribution < -0.4 is 5.32 Å². The molecule has 0 aliphatic heterocycles. The van der Waals surface area contributed by atoms with E-state index in [-0.39, 0.29) is 18.2 Å². The number of halogens is 1. The van der Waals surface area contributed by atoms with E-state index in [2.05, 4.69) is 46.4 Å². The van der Waals surface area contributed by atoms with Crippen molar-refractivity contribution < 1.29 is 9.59 Å². The van der Waals surface area contributed by atoms with Gasteiger partial charge in [0.15, 0.2) is 0 Å². The summed E-state index contributed by atoms with van der Waals surface area (Å²) in [6, 6.07) is 23.4. The number of nitrogens with zero attached hydrogens (tertiary/aromatic N) is 1. The maximum atomic E-state index is 13.9. The molecule has 0 aliphatic carbocycles. The molecule has 4 nitrogen and oxygen atoms in total. The number of aryl methyl sites for hydroxylation is 2. The van der Waals surface area contributed by atoms with Crippen LogP contribution in [0.5, 0.6) is 0 Å². The summed E-state index contributed by atoms with van der Waals surface area (Å²) in [5, 5.41) is 3.08. The zero-order valence-corrected chi connectivity index (χ0v) is 22.5. The lowest BCUT2D eigenvalue weighted by Crippen LogP contribution is -2.51. The van der Waals surface area contributed by atoms with E-state index in [0.717, 1.165) is 45.1 Å². The van der Waals surface area contributed by atoms with Crippen LogP contribution in [0.2, 0.25) is 0 Å². The van der Waals surface area contributed by atoms with Gasteiger partial charge in [-0.1, -0.05) is 95.5 Å². The number of amides is 2. The molecule has 2 amide bonds. The summed E-state index contributed by atoms with van der Waals surface area (Å²) in [5.41, 5.74) is 5.21. The molecule has 3 rings (SSSR count). The second kappa shape index (κ2) is 13.2. The molecule has 3 aromatic carbocycles. The Balaban J connectivity index is 1.97. The van der Waals surface area contributed by atoms with Gasteiger partial charge in [0.2, 0.25) is 11.8 Å². The Kier molecular flexibility index (Phi) is 10.1. The summed E-state index contributed by atoms with van der Waals surface area (Å²) < 4.78 is 0.948. The van der Waals surface area contributed by atoms with Crippen LogP contribution in [0.4, 0.5) is 0 Å². The van der Waals surface area contributed by atoms with Gasteiger partial charge >= 0.3 is 0 Å². The lowest BCUT2D eigenvalue weighted by Gasteiger charge is -2.32. The van der Waals surface area contributed by atoms with Crippen molar-refractivity contribution in [1.29, 1.82) is 0 Å². The Morgan fingerprint density at radius 3 is 2.40 bits per heavy atom. The number of nitrogens with one attached hydrogen (secondary N) is 1. The average molecular weight is 536 g/mol. The maximum absolute atomic E-state index is 13.9. The molecule has 0 aromatic heterocycles. The lowest BCUT2D eigenvalue weighted by atomic mass is 9.99. The number of benzene rings is 3. The fourth-order valence-corrected chi connectivity index (χ4v) is 4.59. The summed E-state index contributed by atoms with van der Waals surface area (Å²) in [7, 11) is 0. The molecule has 0 bridgehead atoms. The third-order valence-corrected chi connectivity index (χ3v) is 6.68. The number of rotatable bonds is 11. The standard InChI is InChI=1S/C30H35BrN2O2/c1-4-5-16-32-30(35)28(19-24-10-7-6-8-11-24)33(21-25-12-9-13-27(31)18-25)29(34)20-26-17-22(2)14-15-23(26)3/h6-15,17-18,28H,4-5,16,19-21H2,1-3H3,(H,32,35). The summed E-state index contributed by atoms with van der Waals surface area (Å²) >= 11 is 3.54. The topological polar surface area (TPSA) is 49.4 Å². The summed E-state index contributed by atoms with van der Waals surface area (Å²) in [6.45, 7) is 7.13. The molecule has 184 valence electrons. The second-order valence-electron chi connectivity index (χ2n) is 9.11. The molecule has 0 aliphatic rings. The van der Waals surface area contributed by atoms with Gasteiger partial charge in [-0.25, -0.2) is 0 Å². The van der Waals surface area contributed by atoms with Crippen molar-refractivity contribution in [2.45, 2.75) is 59.0 Å². The van der Waals surface area contributed by atoms with E-state index >= 15 is 0 Å². The number of unbranched alkanes of at least 4 members (excludes halogenated alkanes) is 1. The highest BCUT2D eigenvalue weighted by Crippen LogP contribution is 2.20. The van der Waals surface area contributed by atoms with Crippen molar-refractivity contribution >= 4 is 27.7 Å². The van der Waals surface area contributed by atoms with Gasteiger partial charge in [0.05, 0.1) is 6.42 Å². The van der Waals surface area contributed by atoms with Crippen molar-refractivity contribution in [3.05, 3.63) is 105 Å². The summed E-state index contributed by atoms with van der Waals surface area (Å²) in [6.07, 6.45) is 2.63. The zero-order valence-electron chi connectivity index (χ0n) is 20.9. The van der Waals surface area contributed by atoms with Crippen LogP contribution in [-0.4, -0.2) is 29.3 Å². The van der Waals surface area contributed by atoms with Gasteiger partial charge in [0, 0.05) is 24.0 Å². The molecular formula is C30H35BrN2O2. The molecule has 0 saturated heterocycles. The van der Waals surface area contributed by atoms with Crippen LogP contribution in [-0.2, 0) is 29.0 Å². The van der Waals surface area contributed by atoms with Crippen molar-refractivity contribution in [3.63, 3.8) is 0 Å². The highest BCUT2D eigenvalue weighted by molar-refractivity contribution is 9.10. The van der Waals surface area contributed by atoms with Crippen LogP contribution in [0, 0.1) is 13.8 Å². The number of carbonyl (C=O) groups is 2. The lowest BCUT2D eigenvalue weighted by molar-refractivity contribution is -0.140. The van der Waals surface area contributed by atoms with Crippen LogP contribution in [0.3, 0.4) is 0 Å². The summed E-state index contributed by atoms with van der Waals surface area (Å²) in [4.78, 5) is 29.1. The zero-order chi connectivity index (χ0) is 25.2. The third kappa shape index (κ3) is 8.07. The molecule has 0 saturated carbocycles. The summed E-state index contributed by atoms with van der Waals surface area (Å²) in [5.74, 6) is -0.156. The third-order valence-electron chi connectivity index (χ3n) is 6.19. The minimum atomic E-state index is -0.606.